The second kappa shape index (κ2) is 10.0. The predicted octanol–water partition coefficient (Wildman–Crippen LogP) is 6.31. The van der Waals surface area contributed by atoms with Crippen LogP contribution in [-0.4, -0.2) is 48.8 Å². The van der Waals surface area contributed by atoms with Gasteiger partial charge in [0.15, 0.2) is 11.2 Å². The lowest BCUT2D eigenvalue weighted by Crippen LogP contribution is -2.57. The van der Waals surface area contributed by atoms with Gasteiger partial charge in [0.2, 0.25) is 0 Å². The Bertz CT molecular complexity index is 1460. The highest BCUT2D eigenvalue weighted by Crippen LogP contribution is 2.35. The number of hydrogen-bond donors (Lipinski definition) is 0. The summed E-state index contributed by atoms with van der Waals surface area (Å²) in [5.41, 5.74) is 0.474. The van der Waals surface area contributed by atoms with Crippen molar-refractivity contribution in [3.63, 3.8) is 0 Å². The number of nitrogens with zero attached hydrogens (tertiary/aromatic N) is 1. The highest BCUT2D eigenvalue weighted by Gasteiger charge is 2.41. The quantitative estimate of drug-likeness (QED) is 0.168. The Balaban J connectivity index is 1.67. The first-order chi connectivity index (χ1) is 16.9. The summed E-state index contributed by atoms with van der Waals surface area (Å²) in [4.78, 5) is 31.1. The van der Waals surface area contributed by atoms with Crippen LogP contribution in [0.1, 0.15) is 22.8 Å². The Morgan fingerprint density at radius 2 is 1.77 bits per heavy atom. The first-order valence-corrected chi connectivity index (χ1v) is 14.0. The smallest absolute Gasteiger partial charge is 0.196 e. The van der Waals surface area contributed by atoms with Crippen molar-refractivity contribution in [2.75, 3.05) is 32.6 Å². The van der Waals surface area contributed by atoms with E-state index in [2.05, 4.69) is 4.90 Å². The molecule has 7 heteroatoms. The van der Waals surface area contributed by atoms with Gasteiger partial charge in [0.05, 0.1) is 18.8 Å². The third kappa shape index (κ3) is 4.54. The van der Waals surface area contributed by atoms with Gasteiger partial charge in [-0.25, -0.2) is 0 Å². The molecule has 4 aromatic rings. The fraction of sp³-hybridized carbons (Fsp3) is 0.286. The van der Waals surface area contributed by atoms with Gasteiger partial charge in [-0.3, -0.25) is 14.5 Å². The average Bonchev–Trinajstić information content (AvgIpc) is 2.90. The monoisotopic (exact) mass is 523 g/mol. The zero-order valence-electron chi connectivity index (χ0n) is 19.7. The zero-order chi connectivity index (χ0) is 24.6. The molecule has 1 aliphatic heterocycles. The van der Waals surface area contributed by atoms with Crippen LogP contribution in [0.2, 0.25) is 5.02 Å². The summed E-state index contributed by atoms with van der Waals surface area (Å²) in [6.45, 7) is 4.40. The van der Waals surface area contributed by atoms with Crippen LogP contribution in [-0.2, 0) is 11.2 Å². The van der Waals surface area contributed by atoms with E-state index in [1.54, 1.807) is 23.1 Å². The third-order valence-electron chi connectivity index (χ3n) is 6.87. The van der Waals surface area contributed by atoms with Crippen LogP contribution in [0, 0.1) is 0 Å². The van der Waals surface area contributed by atoms with Crippen LogP contribution in [0.3, 0.4) is 0 Å². The molecule has 35 heavy (non-hydrogen) atoms. The van der Waals surface area contributed by atoms with E-state index in [4.69, 9.17) is 16.3 Å². The van der Waals surface area contributed by atoms with Gasteiger partial charge in [0.25, 0.3) is 0 Å². The summed E-state index contributed by atoms with van der Waals surface area (Å²) >= 11 is 9.99. The fourth-order valence-corrected chi connectivity index (χ4v) is 6.64. The Labute approximate surface area is 217 Å². The first-order valence-electron chi connectivity index (χ1n) is 11.6. The molecule has 0 spiro atoms. The Morgan fingerprint density at radius 3 is 2.49 bits per heavy atom. The molecule has 0 amide bonds. The average molecular weight is 524 g/mol. The fourth-order valence-electron chi connectivity index (χ4n) is 4.89. The number of carbonyl (C=O) groups excluding carboxylic acids is 1. The lowest BCUT2D eigenvalue weighted by atomic mass is 9.82. The number of Topliss-reactive ketones (excluding diaryl/α,β-unsaturated/α-hetero) is 1. The summed E-state index contributed by atoms with van der Waals surface area (Å²) in [5, 5.41) is 1.81. The number of hydrogen-bond acceptors (Lipinski definition) is 6. The SMILES string of the molecule is CSc1ccc(C(=O)C(C)(Cc2c(Cl)ccc3sc4ccccc4c(=O)c23)N2CCOCC2)cc1. The molecule has 0 aliphatic carbocycles. The van der Waals surface area contributed by atoms with Crippen molar-refractivity contribution >= 4 is 60.7 Å². The van der Waals surface area contributed by atoms with Gasteiger partial charge < -0.3 is 4.74 Å². The normalized spacial score (nSPS) is 16.4. The maximum absolute atomic E-state index is 14.1. The highest BCUT2D eigenvalue weighted by atomic mass is 35.5. The summed E-state index contributed by atoms with van der Waals surface area (Å²) in [5.74, 6) is 0.0250. The van der Waals surface area contributed by atoms with Crippen molar-refractivity contribution in [2.45, 2.75) is 23.8 Å². The molecule has 1 fully saturated rings. The van der Waals surface area contributed by atoms with Gasteiger partial charge in [0.1, 0.15) is 0 Å². The lowest BCUT2D eigenvalue weighted by Gasteiger charge is -2.42. The number of morpholine rings is 1. The van der Waals surface area contributed by atoms with Gasteiger partial charge in [0, 0.05) is 55.2 Å². The van der Waals surface area contributed by atoms with Crippen LogP contribution >= 0.6 is 34.7 Å². The minimum atomic E-state index is -0.884. The van der Waals surface area contributed by atoms with Crippen molar-refractivity contribution in [1.82, 2.24) is 4.90 Å². The van der Waals surface area contributed by atoms with E-state index in [1.165, 1.54) is 0 Å². The number of ketones is 1. The minimum absolute atomic E-state index is 0.0250. The molecule has 5 rings (SSSR count). The maximum atomic E-state index is 14.1. The number of thioether (sulfide) groups is 1. The zero-order valence-corrected chi connectivity index (χ0v) is 22.1. The molecular formula is C28H26ClNO3S2. The molecule has 0 saturated carbocycles. The Kier molecular flexibility index (Phi) is 7.02. The van der Waals surface area contributed by atoms with E-state index < -0.39 is 5.54 Å². The Hall–Kier alpha value is -2.22. The number of ether oxygens (including phenoxy) is 1. The topological polar surface area (TPSA) is 46.6 Å². The molecule has 0 radical (unpaired) electrons. The largest absolute Gasteiger partial charge is 0.379 e. The van der Waals surface area contributed by atoms with Crippen LogP contribution in [0.25, 0.3) is 20.2 Å². The molecule has 3 aromatic carbocycles. The number of carbonyl (C=O) groups is 1. The van der Waals surface area contributed by atoms with Gasteiger partial charge in [-0.15, -0.1) is 23.1 Å². The van der Waals surface area contributed by atoms with Crippen LogP contribution in [0.15, 0.2) is 70.4 Å². The van der Waals surface area contributed by atoms with Gasteiger partial charge >= 0.3 is 0 Å². The summed E-state index contributed by atoms with van der Waals surface area (Å²) < 4.78 is 7.42. The third-order valence-corrected chi connectivity index (χ3v) is 9.10. The van der Waals surface area contributed by atoms with Gasteiger partial charge in [-0.05, 0) is 55.1 Å². The number of halogens is 1. The van der Waals surface area contributed by atoms with Crippen molar-refractivity contribution < 1.29 is 9.53 Å². The van der Waals surface area contributed by atoms with Crippen molar-refractivity contribution in [1.29, 1.82) is 0 Å². The molecule has 4 nitrogen and oxygen atoms in total. The first kappa shape index (κ1) is 24.5. The second-order valence-corrected chi connectivity index (χ2v) is 11.3. The molecule has 0 N–H and O–H groups in total. The van der Waals surface area contributed by atoms with Crippen molar-refractivity contribution in [3.05, 3.63) is 87.0 Å². The summed E-state index contributed by atoms with van der Waals surface area (Å²) in [7, 11) is 0. The molecule has 1 unspecified atom stereocenters. The molecule has 2 heterocycles. The number of rotatable bonds is 6. The molecule has 1 atom stereocenters. The summed E-state index contributed by atoms with van der Waals surface area (Å²) in [6.07, 6.45) is 2.36. The molecule has 180 valence electrons. The standard InChI is InChI=1S/C28H26ClNO3S2/c1-28(30-13-15-33-16-14-30,27(32)18-7-9-19(34-2)10-8-18)17-21-22(29)11-12-24-25(21)26(31)20-5-3-4-6-23(20)35-24/h3-12H,13-17H2,1-2H3. The van der Waals surface area contributed by atoms with E-state index in [-0.39, 0.29) is 11.2 Å². The molecule has 1 aliphatic rings. The molecular weight excluding hydrogens is 498 g/mol. The highest BCUT2D eigenvalue weighted by molar-refractivity contribution is 7.98. The maximum Gasteiger partial charge on any atom is 0.196 e. The van der Waals surface area contributed by atoms with E-state index in [1.807, 2.05) is 73.8 Å². The van der Waals surface area contributed by atoms with E-state index in [0.29, 0.717) is 54.1 Å². The van der Waals surface area contributed by atoms with E-state index in [0.717, 1.165) is 19.9 Å². The predicted molar refractivity (Wildman–Crippen MR) is 148 cm³/mol. The molecule has 0 bridgehead atoms. The van der Waals surface area contributed by atoms with E-state index in [9.17, 15) is 9.59 Å². The van der Waals surface area contributed by atoms with Crippen molar-refractivity contribution in [2.24, 2.45) is 0 Å². The second-order valence-electron chi connectivity index (χ2n) is 8.93. The lowest BCUT2D eigenvalue weighted by molar-refractivity contribution is -0.00939. The number of fused-ring (bicyclic) bond motifs is 2. The van der Waals surface area contributed by atoms with Gasteiger partial charge in [-0.1, -0.05) is 35.9 Å². The van der Waals surface area contributed by atoms with Crippen LogP contribution < -0.4 is 5.43 Å². The van der Waals surface area contributed by atoms with E-state index >= 15 is 0 Å². The molecule has 1 aromatic heterocycles. The van der Waals surface area contributed by atoms with Gasteiger partial charge in [-0.2, -0.15) is 0 Å². The Morgan fingerprint density at radius 1 is 1.06 bits per heavy atom. The minimum Gasteiger partial charge on any atom is -0.379 e. The molecule has 1 saturated heterocycles. The van der Waals surface area contributed by atoms with Crippen molar-refractivity contribution in [3.8, 4) is 0 Å². The van der Waals surface area contributed by atoms with Crippen LogP contribution in [0.4, 0.5) is 0 Å². The van der Waals surface area contributed by atoms with Crippen LogP contribution in [0.5, 0.6) is 0 Å². The summed E-state index contributed by atoms with van der Waals surface area (Å²) in [6, 6.07) is 19.2. The number of benzene rings is 3.